The molecule has 0 atom stereocenters. The zero-order valence-corrected chi connectivity index (χ0v) is 11.1. The van der Waals surface area contributed by atoms with E-state index in [1.165, 1.54) is 32.5 Å². The molecular formula is C13H20ClN3. The zero-order valence-electron chi connectivity index (χ0n) is 10.3. The molecule has 1 fully saturated rings. The van der Waals surface area contributed by atoms with Crippen LogP contribution >= 0.6 is 11.6 Å². The van der Waals surface area contributed by atoms with Gasteiger partial charge in [-0.3, -0.25) is 0 Å². The van der Waals surface area contributed by atoms with Crippen molar-refractivity contribution in [3.8, 4) is 0 Å². The van der Waals surface area contributed by atoms with Crippen LogP contribution in [0.5, 0.6) is 0 Å². The van der Waals surface area contributed by atoms with Gasteiger partial charge in [-0.2, -0.15) is 0 Å². The van der Waals surface area contributed by atoms with E-state index in [0.29, 0.717) is 5.15 Å². The Bertz CT molecular complexity index is 348. The van der Waals surface area contributed by atoms with Gasteiger partial charge in [-0.15, -0.1) is 0 Å². The van der Waals surface area contributed by atoms with Crippen molar-refractivity contribution in [1.29, 1.82) is 0 Å². The van der Waals surface area contributed by atoms with Gasteiger partial charge in [0.2, 0.25) is 0 Å². The Kier molecular flexibility index (Phi) is 4.63. The van der Waals surface area contributed by atoms with E-state index in [9.17, 15) is 0 Å². The lowest BCUT2D eigenvalue weighted by atomic mass is 9.97. The summed E-state index contributed by atoms with van der Waals surface area (Å²) in [6.07, 6.45) is 2.56. The number of rotatable bonds is 4. The molecule has 0 aromatic carbocycles. The fraction of sp³-hybridized carbons (Fsp3) is 0.615. The molecule has 1 saturated heterocycles. The molecule has 94 valence electrons. The normalized spacial score (nSPS) is 18.2. The molecule has 17 heavy (non-hydrogen) atoms. The Morgan fingerprint density at radius 2 is 2.18 bits per heavy atom. The van der Waals surface area contributed by atoms with E-state index in [1.54, 1.807) is 6.07 Å². The second kappa shape index (κ2) is 6.22. The Labute approximate surface area is 108 Å². The average Bonchev–Trinajstić information content (AvgIpc) is 2.37. The minimum Gasteiger partial charge on any atom is -0.370 e. The highest BCUT2D eigenvalue weighted by Crippen LogP contribution is 2.18. The van der Waals surface area contributed by atoms with E-state index >= 15 is 0 Å². The molecule has 2 heterocycles. The molecule has 0 spiro atoms. The SMILES string of the molecule is CCN1CCC(CNc2cccc(Cl)n2)CC1. The van der Waals surface area contributed by atoms with Crippen LogP contribution in [0.2, 0.25) is 5.15 Å². The van der Waals surface area contributed by atoms with Crippen molar-refractivity contribution in [3.05, 3.63) is 23.4 Å². The van der Waals surface area contributed by atoms with Crippen molar-refractivity contribution in [2.45, 2.75) is 19.8 Å². The summed E-state index contributed by atoms with van der Waals surface area (Å²) in [6, 6.07) is 5.69. The maximum absolute atomic E-state index is 5.85. The number of pyridine rings is 1. The summed E-state index contributed by atoms with van der Waals surface area (Å²) in [4.78, 5) is 6.74. The fourth-order valence-corrected chi connectivity index (χ4v) is 2.43. The first-order chi connectivity index (χ1) is 8.28. The van der Waals surface area contributed by atoms with E-state index in [4.69, 9.17) is 11.6 Å². The van der Waals surface area contributed by atoms with Crippen molar-refractivity contribution < 1.29 is 0 Å². The number of hydrogen-bond donors (Lipinski definition) is 1. The third kappa shape index (κ3) is 3.86. The highest BCUT2D eigenvalue weighted by Gasteiger charge is 2.17. The summed E-state index contributed by atoms with van der Waals surface area (Å²) in [7, 11) is 0. The Balaban J connectivity index is 1.76. The summed E-state index contributed by atoms with van der Waals surface area (Å²) in [6.45, 7) is 6.87. The molecule has 0 bridgehead atoms. The molecule has 0 saturated carbocycles. The van der Waals surface area contributed by atoms with Gasteiger partial charge in [-0.25, -0.2) is 4.98 Å². The lowest BCUT2D eigenvalue weighted by Gasteiger charge is -2.31. The first-order valence-electron chi connectivity index (χ1n) is 6.36. The monoisotopic (exact) mass is 253 g/mol. The molecule has 3 nitrogen and oxygen atoms in total. The lowest BCUT2D eigenvalue weighted by Crippen LogP contribution is -2.35. The lowest BCUT2D eigenvalue weighted by molar-refractivity contribution is 0.198. The number of anilines is 1. The zero-order chi connectivity index (χ0) is 12.1. The topological polar surface area (TPSA) is 28.2 Å². The number of nitrogens with one attached hydrogen (secondary N) is 1. The van der Waals surface area contributed by atoms with Gasteiger partial charge in [0.25, 0.3) is 0 Å². The van der Waals surface area contributed by atoms with Crippen molar-refractivity contribution >= 4 is 17.4 Å². The Morgan fingerprint density at radius 3 is 2.82 bits per heavy atom. The van der Waals surface area contributed by atoms with Gasteiger partial charge in [-0.1, -0.05) is 24.6 Å². The summed E-state index contributed by atoms with van der Waals surface area (Å²) in [5, 5.41) is 3.93. The second-order valence-corrected chi connectivity index (χ2v) is 4.99. The van der Waals surface area contributed by atoms with Crippen LogP contribution in [-0.4, -0.2) is 36.1 Å². The van der Waals surface area contributed by atoms with Crippen LogP contribution in [0.15, 0.2) is 18.2 Å². The number of piperidine rings is 1. The maximum atomic E-state index is 5.85. The van der Waals surface area contributed by atoms with Gasteiger partial charge >= 0.3 is 0 Å². The van der Waals surface area contributed by atoms with Crippen LogP contribution < -0.4 is 5.32 Å². The van der Waals surface area contributed by atoms with Crippen LogP contribution in [0.4, 0.5) is 5.82 Å². The summed E-state index contributed by atoms with van der Waals surface area (Å²) in [5.74, 6) is 1.65. The molecule has 2 rings (SSSR count). The van der Waals surface area contributed by atoms with Crippen molar-refractivity contribution in [3.63, 3.8) is 0 Å². The van der Waals surface area contributed by atoms with E-state index in [-0.39, 0.29) is 0 Å². The van der Waals surface area contributed by atoms with Gasteiger partial charge in [0.1, 0.15) is 11.0 Å². The van der Waals surface area contributed by atoms with Gasteiger partial charge in [0.15, 0.2) is 0 Å². The van der Waals surface area contributed by atoms with Gasteiger partial charge in [-0.05, 0) is 50.5 Å². The summed E-state index contributed by atoms with van der Waals surface area (Å²) in [5.41, 5.74) is 0. The van der Waals surface area contributed by atoms with Crippen LogP contribution in [0.25, 0.3) is 0 Å². The maximum Gasteiger partial charge on any atom is 0.131 e. The highest BCUT2D eigenvalue weighted by molar-refractivity contribution is 6.29. The molecule has 0 aliphatic carbocycles. The standard InChI is InChI=1S/C13H20ClN3/c1-2-17-8-6-11(7-9-17)10-15-13-5-3-4-12(14)16-13/h3-5,11H,2,6-10H2,1H3,(H,15,16). The summed E-state index contributed by atoms with van der Waals surface area (Å²) < 4.78 is 0. The Hall–Kier alpha value is -0.800. The number of halogens is 1. The predicted molar refractivity (Wildman–Crippen MR) is 72.6 cm³/mol. The molecule has 0 unspecified atom stereocenters. The largest absolute Gasteiger partial charge is 0.370 e. The molecule has 1 N–H and O–H groups in total. The van der Waals surface area contributed by atoms with Crippen LogP contribution in [0.1, 0.15) is 19.8 Å². The number of hydrogen-bond acceptors (Lipinski definition) is 3. The van der Waals surface area contributed by atoms with E-state index in [0.717, 1.165) is 18.3 Å². The molecule has 1 aliphatic heterocycles. The average molecular weight is 254 g/mol. The predicted octanol–water partition coefficient (Wildman–Crippen LogP) is 2.88. The second-order valence-electron chi connectivity index (χ2n) is 4.60. The minimum atomic E-state index is 0.552. The fourth-order valence-electron chi connectivity index (χ4n) is 2.26. The van der Waals surface area contributed by atoms with Gasteiger partial charge in [0, 0.05) is 6.54 Å². The smallest absolute Gasteiger partial charge is 0.131 e. The Morgan fingerprint density at radius 1 is 1.41 bits per heavy atom. The van der Waals surface area contributed by atoms with E-state index in [1.807, 2.05) is 12.1 Å². The van der Waals surface area contributed by atoms with Gasteiger partial charge in [0.05, 0.1) is 0 Å². The van der Waals surface area contributed by atoms with Crippen LogP contribution in [0.3, 0.4) is 0 Å². The number of likely N-dealkylation sites (tertiary alicyclic amines) is 1. The molecule has 4 heteroatoms. The van der Waals surface area contributed by atoms with Crippen LogP contribution in [0, 0.1) is 5.92 Å². The van der Waals surface area contributed by atoms with Crippen molar-refractivity contribution in [2.75, 3.05) is 31.5 Å². The molecule has 1 aromatic heterocycles. The minimum absolute atomic E-state index is 0.552. The third-order valence-corrected chi connectivity index (χ3v) is 3.65. The number of nitrogens with zero attached hydrogens (tertiary/aromatic N) is 2. The van der Waals surface area contributed by atoms with Gasteiger partial charge < -0.3 is 10.2 Å². The quantitative estimate of drug-likeness (QED) is 0.837. The van der Waals surface area contributed by atoms with Crippen LogP contribution in [-0.2, 0) is 0 Å². The van der Waals surface area contributed by atoms with Crippen molar-refractivity contribution in [2.24, 2.45) is 5.92 Å². The van der Waals surface area contributed by atoms with E-state index in [2.05, 4.69) is 22.1 Å². The first kappa shape index (κ1) is 12.7. The highest BCUT2D eigenvalue weighted by atomic mass is 35.5. The molecular weight excluding hydrogens is 234 g/mol. The molecule has 1 aliphatic rings. The molecule has 0 amide bonds. The summed E-state index contributed by atoms with van der Waals surface area (Å²) >= 11 is 5.85. The van der Waals surface area contributed by atoms with Crippen molar-refractivity contribution in [1.82, 2.24) is 9.88 Å². The molecule has 0 radical (unpaired) electrons. The van der Waals surface area contributed by atoms with E-state index < -0.39 is 0 Å². The number of aromatic nitrogens is 1. The third-order valence-electron chi connectivity index (χ3n) is 3.44. The molecule has 1 aromatic rings. The first-order valence-corrected chi connectivity index (χ1v) is 6.74.